The number of fused-ring (bicyclic) bond motifs is 1. The Balaban J connectivity index is 1.71. The van der Waals surface area contributed by atoms with Gasteiger partial charge in [0.25, 0.3) is 0 Å². The number of carboxylic acid groups (broad SMARTS) is 1. The largest absolute Gasteiger partial charge is 0.478 e. The zero-order valence-electron chi connectivity index (χ0n) is 16.7. The molecular weight excluding hydrogens is 364 g/mol. The Hall–Kier alpha value is -3.02. The van der Waals surface area contributed by atoms with Gasteiger partial charge in [0, 0.05) is 18.3 Å². The number of aromatic carboxylic acids is 1. The molecule has 0 bridgehead atoms. The van der Waals surface area contributed by atoms with Crippen molar-refractivity contribution in [3.63, 3.8) is 0 Å². The van der Waals surface area contributed by atoms with Gasteiger partial charge in [-0.15, -0.1) is 0 Å². The van der Waals surface area contributed by atoms with E-state index >= 15 is 0 Å². The second-order valence-electron chi connectivity index (χ2n) is 7.66. The number of carboxylic acids is 1. The number of aromatic nitrogens is 2. The van der Waals surface area contributed by atoms with E-state index in [1.165, 1.54) is 30.2 Å². The molecular formula is C23H26N4O2. The molecule has 1 unspecified atom stereocenters. The summed E-state index contributed by atoms with van der Waals surface area (Å²) in [6.07, 6.45) is 11.1. The van der Waals surface area contributed by atoms with Gasteiger partial charge >= 0.3 is 5.97 Å². The van der Waals surface area contributed by atoms with Gasteiger partial charge in [-0.3, -0.25) is 15.4 Å². The topological polar surface area (TPSA) is 87.5 Å². The van der Waals surface area contributed by atoms with Crippen molar-refractivity contribution in [3.8, 4) is 0 Å². The molecule has 150 valence electrons. The molecule has 2 aromatic rings. The van der Waals surface area contributed by atoms with E-state index in [0.29, 0.717) is 0 Å². The molecule has 1 saturated carbocycles. The molecule has 2 aliphatic rings. The van der Waals surface area contributed by atoms with Gasteiger partial charge < -0.3 is 5.11 Å². The highest BCUT2D eigenvalue weighted by Gasteiger charge is 2.30. The van der Waals surface area contributed by atoms with Crippen molar-refractivity contribution in [2.75, 3.05) is 0 Å². The van der Waals surface area contributed by atoms with Crippen LogP contribution in [0.2, 0.25) is 0 Å². The first-order valence-electron chi connectivity index (χ1n) is 10.4. The number of nitrogens with one attached hydrogen (secondary N) is 1. The first kappa shape index (κ1) is 19.3. The van der Waals surface area contributed by atoms with Crippen LogP contribution in [0.5, 0.6) is 0 Å². The number of aryl methyl sites for hydroxylation is 1. The third-order valence-electron chi connectivity index (χ3n) is 5.81. The van der Waals surface area contributed by atoms with Gasteiger partial charge in [-0.05, 0) is 55.0 Å². The van der Waals surface area contributed by atoms with Crippen LogP contribution >= 0.6 is 0 Å². The van der Waals surface area contributed by atoms with Gasteiger partial charge in [0.15, 0.2) is 0 Å². The second-order valence-corrected chi connectivity index (χ2v) is 7.66. The van der Waals surface area contributed by atoms with Crippen LogP contribution in [0.3, 0.4) is 0 Å². The summed E-state index contributed by atoms with van der Waals surface area (Å²) < 4.78 is 0. The maximum atomic E-state index is 11.1. The lowest BCUT2D eigenvalue weighted by atomic mass is 9.80. The van der Waals surface area contributed by atoms with E-state index in [-0.39, 0.29) is 11.5 Å². The Labute approximate surface area is 170 Å². The Morgan fingerprint density at radius 1 is 1.07 bits per heavy atom. The van der Waals surface area contributed by atoms with E-state index < -0.39 is 5.97 Å². The first-order valence-corrected chi connectivity index (χ1v) is 10.4. The van der Waals surface area contributed by atoms with E-state index in [1.54, 1.807) is 12.1 Å². The van der Waals surface area contributed by atoms with Crippen molar-refractivity contribution in [1.29, 1.82) is 0 Å². The molecule has 2 aromatic heterocycles. The van der Waals surface area contributed by atoms with Crippen LogP contribution in [0.1, 0.15) is 72.8 Å². The summed E-state index contributed by atoms with van der Waals surface area (Å²) in [6, 6.07) is 7.56. The lowest BCUT2D eigenvalue weighted by Crippen LogP contribution is -2.30. The fourth-order valence-corrected chi connectivity index (χ4v) is 4.14. The number of rotatable bonds is 4. The molecule has 0 aromatic carbocycles. The minimum atomic E-state index is -0.969. The smallest absolute Gasteiger partial charge is 0.337 e. The van der Waals surface area contributed by atoms with Crippen molar-refractivity contribution in [3.05, 3.63) is 64.7 Å². The third kappa shape index (κ3) is 4.06. The van der Waals surface area contributed by atoms with E-state index in [4.69, 9.17) is 10.2 Å². The number of pyridine rings is 2. The number of nitrogens with zero attached hydrogens (tertiary/aromatic N) is 3. The zero-order valence-corrected chi connectivity index (χ0v) is 16.7. The van der Waals surface area contributed by atoms with Crippen LogP contribution in [-0.2, 0) is 6.42 Å². The molecule has 0 amide bonds. The van der Waals surface area contributed by atoms with E-state index in [9.17, 15) is 4.79 Å². The quantitative estimate of drug-likeness (QED) is 0.806. The second kappa shape index (κ2) is 8.55. The fourth-order valence-electron chi connectivity index (χ4n) is 4.14. The number of carbonyl (C=O) groups is 1. The average molecular weight is 390 g/mol. The van der Waals surface area contributed by atoms with E-state index in [0.717, 1.165) is 54.9 Å². The van der Waals surface area contributed by atoms with Gasteiger partial charge in [-0.2, -0.15) is 5.10 Å². The van der Waals surface area contributed by atoms with Gasteiger partial charge in [0.2, 0.25) is 0 Å². The number of hydrogen-bond donors (Lipinski definition) is 2. The zero-order chi connectivity index (χ0) is 20.2. The normalized spacial score (nSPS) is 19.5. The summed E-state index contributed by atoms with van der Waals surface area (Å²) in [5.74, 6) is -0.787. The van der Waals surface area contributed by atoms with E-state index in [1.807, 2.05) is 6.20 Å². The minimum absolute atomic E-state index is 0.183. The van der Waals surface area contributed by atoms with Crippen LogP contribution in [0, 0.1) is 5.92 Å². The third-order valence-corrected chi connectivity index (χ3v) is 5.81. The Bertz CT molecular complexity index is 946. The molecule has 2 N–H and O–H groups in total. The maximum absolute atomic E-state index is 11.1. The van der Waals surface area contributed by atoms with Gasteiger partial charge in [0.05, 0.1) is 28.4 Å². The van der Waals surface area contributed by atoms with Crippen LogP contribution in [0.25, 0.3) is 5.70 Å². The summed E-state index contributed by atoms with van der Waals surface area (Å²) in [5.41, 5.74) is 9.58. The lowest BCUT2D eigenvalue weighted by Gasteiger charge is -2.30. The predicted molar refractivity (Wildman–Crippen MR) is 113 cm³/mol. The molecule has 6 nitrogen and oxygen atoms in total. The van der Waals surface area contributed by atoms with Crippen molar-refractivity contribution in [2.24, 2.45) is 11.0 Å². The number of hydrazone groups is 1. The van der Waals surface area contributed by atoms with Crippen LogP contribution in [0.15, 0.2) is 47.3 Å². The molecule has 4 rings (SSSR count). The first-order chi connectivity index (χ1) is 14.2. The number of allylic oxidation sites excluding steroid dienone is 1. The highest BCUT2D eigenvalue weighted by atomic mass is 16.4. The molecule has 1 aliphatic heterocycles. The van der Waals surface area contributed by atoms with Crippen molar-refractivity contribution in [2.45, 2.75) is 51.9 Å². The lowest BCUT2D eigenvalue weighted by molar-refractivity contribution is 0.0696. The predicted octanol–water partition coefficient (Wildman–Crippen LogP) is 4.43. The fraction of sp³-hybridized carbons (Fsp3) is 0.391. The van der Waals surface area contributed by atoms with Gasteiger partial charge in [-0.25, -0.2) is 4.79 Å². The highest BCUT2D eigenvalue weighted by molar-refractivity contribution is 6.04. The number of hydrogen-bond acceptors (Lipinski definition) is 5. The summed E-state index contributed by atoms with van der Waals surface area (Å²) in [5, 5.41) is 13.8. The molecule has 1 aliphatic carbocycles. The molecule has 1 fully saturated rings. The van der Waals surface area contributed by atoms with Gasteiger partial charge in [0.1, 0.15) is 0 Å². The molecule has 0 saturated heterocycles. The van der Waals surface area contributed by atoms with Crippen LogP contribution in [-0.4, -0.2) is 26.8 Å². The summed E-state index contributed by atoms with van der Waals surface area (Å²) in [4.78, 5) is 20.2. The van der Waals surface area contributed by atoms with E-state index in [2.05, 4.69) is 34.5 Å². The van der Waals surface area contributed by atoms with Crippen LogP contribution < -0.4 is 5.43 Å². The summed E-state index contributed by atoms with van der Waals surface area (Å²) in [7, 11) is 0. The molecule has 1 atom stereocenters. The Morgan fingerprint density at radius 2 is 1.86 bits per heavy atom. The molecule has 0 spiro atoms. The molecule has 29 heavy (non-hydrogen) atoms. The Kier molecular flexibility index (Phi) is 5.69. The molecule has 3 heterocycles. The van der Waals surface area contributed by atoms with Crippen molar-refractivity contribution < 1.29 is 9.90 Å². The highest BCUT2D eigenvalue weighted by Crippen LogP contribution is 2.36. The van der Waals surface area contributed by atoms with Gasteiger partial charge in [-0.1, -0.05) is 32.3 Å². The summed E-state index contributed by atoms with van der Waals surface area (Å²) in [6.45, 7) is 2.13. The van der Waals surface area contributed by atoms with Crippen LogP contribution in [0.4, 0.5) is 0 Å². The SMILES string of the molecule is CCc1ccc(C2=C3CCCCCCC3C(c3ccc(C(=O)O)cn3)=NN2)nc1. The van der Waals surface area contributed by atoms with Crippen molar-refractivity contribution in [1.82, 2.24) is 15.4 Å². The Morgan fingerprint density at radius 3 is 2.55 bits per heavy atom. The monoisotopic (exact) mass is 390 g/mol. The summed E-state index contributed by atoms with van der Waals surface area (Å²) >= 11 is 0. The van der Waals surface area contributed by atoms with Crippen molar-refractivity contribution >= 4 is 17.4 Å². The standard InChI is InChI=1S/C23H26N4O2/c1-2-15-9-11-19(24-13-15)21-17-7-5-3-4-6-8-18(17)22(27-26-21)20-12-10-16(14-25-20)23(28)29/h9-14,18,26H,2-8H2,1H3,(H,28,29). The molecule has 6 heteroatoms. The average Bonchev–Trinajstić information content (AvgIpc) is 2.73. The molecule has 0 radical (unpaired) electrons. The minimum Gasteiger partial charge on any atom is -0.478 e. The maximum Gasteiger partial charge on any atom is 0.337 e.